The van der Waals surface area contributed by atoms with Crippen molar-refractivity contribution in [1.82, 2.24) is 5.32 Å². The van der Waals surface area contributed by atoms with Gasteiger partial charge >= 0.3 is 12.1 Å². The van der Waals surface area contributed by atoms with Gasteiger partial charge in [0.1, 0.15) is 23.9 Å². The molecular formula is C28H29F4NO4. The minimum absolute atomic E-state index is 0.0328. The summed E-state index contributed by atoms with van der Waals surface area (Å²) in [7, 11) is 1.58. The summed E-state index contributed by atoms with van der Waals surface area (Å²) in [6.07, 6.45) is -4.35. The number of carboxylic acid groups (broad SMARTS) is 1. The summed E-state index contributed by atoms with van der Waals surface area (Å²) in [5, 5.41) is 12.1. The van der Waals surface area contributed by atoms with Gasteiger partial charge in [0.2, 0.25) is 0 Å². The zero-order chi connectivity index (χ0) is 27.0. The second kappa shape index (κ2) is 12.6. The van der Waals surface area contributed by atoms with E-state index in [1.165, 1.54) is 24.3 Å². The molecule has 0 bridgehead atoms. The van der Waals surface area contributed by atoms with Gasteiger partial charge in [-0.05, 0) is 84.5 Å². The number of ether oxygens (including phenoxy) is 2. The maximum atomic E-state index is 14.2. The molecule has 3 aromatic carbocycles. The lowest BCUT2D eigenvalue weighted by Crippen LogP contribution is -2.24. The number of carbonyl (C=O) groups is 1. The first-order valence-corrected chi connectivity index (χ1v) is 11.8. The average molecular weight is 520 g/mol. The van der Waals surface area contributed by atoms with Crippen molar-refractivity contribution < 1.29 is 36.9 Å². The second-order valence-corrected chi connectivity index (χ2v) is 8.60. The molecule has 0 aliphatic heterocycles. The monoisotopic (exact) mass is 519 g/mol. The third-order valence-corrected chi connectivity index (χ3v) is 5.86. The number of nitrogens with one attached hydrogen (secondary N) is 1. The Morgan fingerprint density at radius 2 is 1.81 bits per heavy atom. The maximum Gasteiger partial charge on any atom is 0.416 e. The Morgan fingerprint density at radius 3 is 2.51 bits per heavy atom. The van der Waals surface area contributed by atoms with Gasteiger partial charge in [-0.25, -0.2) is 4.39 Å². The molecule has 2 N–H and O–H groups in total. The van der Waals surface area contributed by atoms with E-state index >= 15 is 0 Å². The lowest BCUT2D eigenvalue weighted by molar-refractivity contribution is -0.138. The third kappa shape index (κ3) is 8.21. The van der Waals surface area contributed by atoms with E-state index in [0.29, 0.717) is 12.1 Å². The van der Waals surface area contributed by atoms with Gasteiger partial charge in [-0.1, -0.05) is 18.2 Å². The number of carboxylic acids is 1. The summed E-state index contributed by atoms with van der Waals surface area (Å²) in [5.41, 5.74) is 0.967. The number of benzene rings is 3. The second-order valence-electron chi connectivity index (χ2n) is 8.60. The van der Waals surface area contributed by atoms with Crippen molar-refractivity contribution in [3.05, 3.63) is 83.2 Å². The Kier molecular flexibility index (Phi) is 9.52. The van der Waals surface area contributed by atoms with E-state index in [1.807, 2.05) is 31.2 Å². The van der Waals surface area contributed by atoms with Crippen LogP contribution in [0.25, 0.3) is 11.1 Å². The fraction of sp³-hybridized carbons (Fsp3) is 0.321. The van der Waals surface area contributed by atoms with Gasteiger partial charge in [-0.2, -0.15) is 13.2 Å². The zero-order valence-electron chi connectivity index (χ0n) is 20.6. The number of rotatable bonds is 12. The van der Waals surface area contributed by atoms with Gasteiger partial charge < -0.3 is 19.9 Å². The molecule has 0 fully saturated rings. The van der Waals surface area contributed by atoms with Gasteiger partial charge in [-0.15, -0.1) is 0 Å². The van der Waals surface area contributed by atoms with Crippen LogP contribution in [-0.4, -0.2) is 31.3 Å². The van der Waals surface area contributed by atoms with Gasteiger partial charge in [0.05, 0.1) is 12.7 Å². The van der Waals surface area contributed by atoms with Crippen LogP contribution in [0.15, 0.2) is 60.7 Å². The molecule has 5 nitrogen and oxygen atoms in total. The normalized spacial score (nSPS) is 12.3. The van der Waals surface area contributed by atoms with Crippen molar-refractivity contribution in [3.63, 3.8) is 0 Å². The number of aliphatic carboxylic acids is 1. The van der Waals surface area contributed by atoms with E-state index in [9.17, 15) is 22.4 Å². The zero-order valence-corrected chi connectivity index (χ0v) is 20.6. The Balaban J connectivity index is 1.73. The van der Waals surface area contributed by atoms with Crippen LogP contribution in [0.4, 0.5) is 17.6 Å². The van der Waals surface area contributed by atoms with Crippen molar-refractivity contribution in [1.29, 1.82) is 0 Å². The first-order valence-electron chi connectivity index (χ1n) is 11.8. The van der Waals surface area contributed by atoms with Crippen LogP contribution >= 0.6 is 0 Å². The van der Waals surface area contributed by atoms with Crippen LogP contribution < -0.4 is 14.8 Å². The number of halogens is 4. The molecular weight excluding hydrogens is 490 g/mol. The SMILES string of the molecule is COc1cccc(C(C)NCCOc2cc(-c3ccc(F)c(CCCC(=O)O)c3)cc(C(F)(F)F)c2)c1. The fourth-order valence-electron chi connectivity index (χ4n) is 3.86. The molecule has 0 amide bonds. The highest BCUT2D eigenvalue weighted by Crippen LogP contribution is 2.36. The lowest BCUT2D eigenvalue weighted by Gasteiger charge is -2.17. The van der Waals surface area contributed by atoms with E-state index in [0.717, 1.165) is 23.4 Å². The molecule has 0 heterocycles. The summed E-state index contributed by atoms with van der Waals surface area (Å²) in [6, 6.07) is 15.0. The highest BCUT2D eigenvalue weighted by molar-refractivity contribution is 5.68. The summed E-state index contributed by atoms with van der Waals surface area (Å²) < 4.78 is 65.9. The first kappa shape index (κ1) is 28.0. The van der Waals surface area contributed by atoms with Crippen molar-refractivity contribution >= 4 is 5.97 Å². The van der Waals surface area contributed by atoms with Crippen LogP contribution in [0.5, 0.6) is 11.5 Å². The number of hydrogen-bond acceptors (Lipinski definition) is 4. The van der Waals surface area contributed by atoms with Crippen molar-refractivity contribution in [2.45, 2.75) is 38.4 Å². The Bertz CT molecular complexity index is 1210. The van der Waals surface area contributed by atoms with Gasteiger partial charge in [0.15, 0.2) is 0 Å². The molecule has 198 valence electrons. The summed E-state index contributed by atoms with van der Waals surface area (Å²) in [5.74, 6) is -0.764. The molecule has 37 heavy (non-hydrogen) atoms. The number of aryl methyl sites for hydroxylation is 1. The molecule has 9 heteroatoms. The summed E-state index contributed by atoms with van der Waals surface area (Å²) >= 11 is 0. The first-order chi connectivity index (χ1) is 17.6. The van der Waals surface area contributed by atoms with E-state index in [4.69, 9.17) is 14.6 Å². The largest absolute Gasteiger partial charge is 0.497 e. The summed E-state index contributed by atoms with van der Waals surface area (Å²) in [6.45, 7) is 2.47. The number of methoxy groups -OCH3 is 1. The van der Waals surface area contributed by atoms with Crippen LogP contribution in [-0.2, 0) is 17.4 Å². The number of hydrogen-bond donors (Lipinski definition) is 2. The highest BCUT2D eigenvalue weighted by atomic mass is 19.4. The van der Waals surface area contributed by atoms with Crippen molar-refractivity contribution in [3.8, 4) is 22.6 Å². The van der Waals surface area contributed by atoms with Gasteiger partial charge in [0, 0.05) is 19.0 Å². The van der Waals surface area contributed by atoms with E-state index in [2.05, 4.69) is 5.32 Å². The Labute approximate surface area is 213 Å². The fourth-order valence-corrected chi connectivity index (χ4v) is 3.86. The lowest BCUT2D eigenvalue weighted by atomic mass is 9.98. The Morgan fingerprint density at radius 1 is 1.03 bits per heavy atom. The molecule has 0 aromatic heterocycles. The third-order valence-electron chi connectivity index (χ3n) is 5.86. The standard InChI is InChI=1S/C28H29F4NO4/c1-18(19-5-3-7-24(15-19)36-2)33-11-12-37-25-16-22(14-23(17-25)28(30,31)32)20-9-10-26(29)21(13-20)6-4-8-27(34)35/h3,5,7,9-10,13-18,33H,4,6,8,11-12H2,1-2H3,(H,34,35). The van der Waals surface area contributed by atoms with Crippen LogP contribution in [0.2, 0.25) is 0 Å². The van der Waals surface area contributed by atoms with E-state index < -0.39 is 23.5 Å². The smallest absolute Gasteiger partial charge is 0.416 e. The molecule has 1 atom stereocenters. The molecule has 0 saturated carbocycles. The quantitative estimate of drug-likeness (QED) is 0.207. The minimum atomic E-state index is -4.60. The molecule has 0 radical (unpaired) electrons. The predicted octanol–water partition coefficient (Wildman–Crippen LogP) is 6.66. The van der Waals surface area contributed by atoms with Crippen molar-refractivity contribution in [2.75, 3.05) is 20.3 Å². The average Bonchev–Trinajstić information content (AvgIpc) is 2.86. The van der Waals surface area contributed by atoms with E-state index in [-0.39, 0.29) is 48.8 Å². The summed E-state index contributed by atoms with van der Waals surface area (Å²) in [4.78, 5) is 10.8. The molecule has 0 spiro atoms. The van der Waals surface area contributed by atoms with Crippen LogP contribution in [0.3, 0.4) is 0 Å². The minimum Gasteiger partial charge on any atom is -0.497 e. The molecule has 0 aliphatic rings. The molecule has 0 aliphatic carbocycles. The van der Waals surface area contributed by atoms with Crippen molar-refractivity contribution in [2.24, 2.45) is 0 Å². The highest BCUT2D eigenvalue weighted by Gasteiger charge is 2.31. The molecule has 1 unspecified atom stereocenters. The van der Waals surface area contributed by atoms with Crippen LogP contribution in [0, 0.1) is 5.82 Å². The van der Waals surface area contributed by atoms with Gasteiger partial charge in [0.25, 0.3) is 0 Å². The van der Waals surface area contributed by atoms with Gasteiger partial charge in [-0.3, -0.25) is 4.79 Å². The topological polar surface area (TPSA) is 67.8 Å². The molecule has 3 rings (SSSR count). The predicted molar refractivity (Wildman–Crippen MR) is 132 cm³/mol. The van der Waals surface area contributed by atoms with Crippen LogP contribution in [0.1, 0.15) is 42.5 Å². The maximum absolute atomic E-state index is 14.2. The number of alkyl halides is 3. The van der Waals surface area contributed by atoms with E-state index in [1.54, 1.807) is 7.11 Å². The molecule has 3 aromatic rings. The molecule has 0 saturated heterocycles. The Hall–Kier alpha value is -3.59.